The molecule has 7 nitrogen and oxygen atoms in total. The summed E-state index contributed by atoms with van der Waals surface area (Å²) in [6.07, 6.45) is 0.179. The molecule has 1 saturated heterocycles. The van der Waals surface area contributed by atoms with Crippen LogP contribution in [0.25, 0.3) is 0 Å². The van der Waals surface area contributed by atoms with E-state index < -0.39 is 5.92 Å². The summed E-state index contributed by atoms with van der Waals surface area (Å²) in [7, 11) is 4.74. The van der Waals surface area contributed by atoms with Crippen LogP contribution < -0.4 is 24.4 Å². The van der Waals surface area contributed by atoms with Gasteiger partial charge >= 0.3 is 0 Å². The maximum atomic E-state index is 12.6. The van der Waals surface area contributed by atoms with Crippen molar-refractivity contribution >= 4 is 17.5 Å². The number of amides is 2. The van der Waals surface area contributed by atoms with Crippen molar-refractivity contribution in [3.8, 4) is 17.2 Å². The second kappa shape index (κ2) is 8.65. The summed E-state index contributed by atoms with van der Waals surface area (Å²) in [5, 5.41) is 2.90. The number of benzene rings is 2. The van der Waals surface area contributed by atoms with Crippen LogP contribution in [0.4, 0.5) is 5.69 Å². The van der Waals surface area contributed by atoms with E-state index in [0.717, 1.165) is 11.3 Å². The molecule has 0 saturated carbocycles. The van der Waals surface area contributed by atoms with Gasteiger partial charge in [-0.1, -0.05) is 6.07 Å². The molecule has 0 aliphatic carbocycles. The Hall–Kier alpha value is -3.22. The van der Waals surface area contributed by atoms with Crippen LogP contribution in [-0.2, 0) is 16.1 Å². The maximum Gasteiger partial charge on any atom is 0.227 e. The smallest absolute Gasteiger partial charge is 0.227 e. The topological polar surface area (TPSA) is 77.1 Å². The number of hydrogen-bond acceptors (Lipinski definition) is 5. The quantitative estimate of drug-likeness (QED) is 0.793. The first-order chi connectivity index (χ1) is 13.5. The van der Waals surface area contributed by atoms with Crippen LogP contribution >= 0.6 is 0 Å². The molecule has 1 aliphatic heterocycles. The third-order valence-corrected chi connectivity index (χ3v) is 4.80. The van der Waals surface area contributed by atoms with Crippen LogP contribution in [0.1, 0.15) is 12.0 Å². The largest absolute Gasteiger partial charge is 0.497 e. The fourth-order valence-electron chi connectivity index (χ4n) is 3.26. The molecule has 2 amide bonds. The van der Waals surface area contributed by atoms with Crippen LogP contribution in [0.15, 0.2) is 42.5 Å². The van der Waals surface area contributed by atoms with Crippen molar-refractivity contribution in [3.05, 3.63) is 48.0 Å². The molecule has 0 aromatic heterocycles. The van der Waals surface area contributed by atoms with E-state index in [1.54, 1.807) is 44.4 Å². The van der Waals surface area contributed by atoms with Gasteiger partial charge in [0.15, 0.2) is 0 Å². The van der Waals surface area contributed by atoms with Crippen LogP contribution in [0, 0.1) is 5.92 Å². The van der Waals surface area contributed by atoms with Gasteiger partial charge in [-0.3, -0.25) is 9.59 Å². The minimum Gasteiger partial charge on any atom is -0.497 e. The standard InChI is InChI=1S/C21H24N2O5/c1-26-17-6-4-5-16(11-17)23-13-15(10-20(23)24)21(25)22-12-14-9-18(27-2)7-8-19(14)28-3/h4-9,11,15H,10,12-13H2,1-3H3,(H,22,25)/t15-/m0/s1. The predicted molar refractivity (Wildman–Crippen MR) is 105 cm³/mol. The number of rotatable bonds is 7. The van der Waals surface area contributed by atoms with Crippen molar-refractivity contribution in [1.82, 2.24) is 5.32 Å². The lowest BCUT2D eigenvalue weighted by molar-refractivity contribution is -0.126. The van der Waals surface area contributed by atoms with Crippen molar-refractivity contribution in [2.24, 2.45) is 5.92 Å². The fraction of sp³-hybridized carbons (Fsp3) is 0.333. The van der Waals surface area contributed by atoms with Gasteiger partial charge in [-0.25, -0.2) is 0 Å². The Kier molecular flexibility index (Phi) is 6.03. The Morgan fingerprint density at radius 2 is 1.82 bits per heavy atom. The SMILES string of the molecule is COc1cccc(N2C[C@@H](C(=O)NCc3cc(OC)ccc3OC)CC2=O)c1. The highest BCUT2D eigenvalue weighted by atomic mass is 16.5. The highest BCUT2D eigenvalue weighted by Gasteiger charge is 2.35. The van der Waals surface area contributed by atoms with E-state index in [9.17, 15) is 9.59 Å². The van der Waals surface area contributed by atoms with Gasteiger partial charge in [-0.2, -0.15) is 0 Å². The first kappa shape index (κ1) is 19.5. The third-order valence-electron chi connectivity index (χ3n) is 4.80. The summed E-state index contributed by atoms with van der Waals surface area (Å²) in [6.45, 7) is 0.635. The fourth-order valence-corrected chi connectivity index (χ4v) is 3.26. The summed E-state index contributed by atoms with van der Waals surface area (Å²) < 4.78 is 15.8. The first-order valence-corrected chi connectivity index (χ1v) is 8.98. The molecule has 0 bridgehead atoms. The lowest BCUT2D eigenvalue weighted by atomic mass is 10.1. The average molecular weight is 384 g/mol. The van der Waals surface area contributed by atoms with Crippen LogP contribution in [-0.4, -0.2) is 39.7 Å². The van der Waals surface area contributed by atoms with Crippen molar-refractivity contribution in [3.63, 3.8) is 0 Å². The number of nitrogens with one attached hydrogen (secondary N) is 1. The summed E-state index contributed by atoms with van der Waals surface area (Å²) in [6, 6.07) is 12.7. The third kappa shape index (κ3) is 4.19. The maximum absolute atomic E-state index is 12.6. The Labute approximate surface area is 164 Å². The summed E-state index contributed by atoms with van der Waals surface area (Å²) >= 11 is 0. The summed E-state index contributed by atoms with van der Waals surface area (Å²) in [5.41, 5.74) is 1.54. The van der Waals surface area contributed by atoms with Gasteiger partial charge in [-0.05, 0) is 30.3 Å². The monoisotopic (exact) mass is 384 g/mol. The highest BCUT2D eigenvalue weighted by molar-refractivity contribution is 6.00. The number of anilines is 1. The van der Waals surface area contributed by atoms with Gasteiger partial charge in [-0.15, -0.1) is 0 Å². The number of ether oxygens (including phenoxy) is 3. The molecule has 1 fully saturated rings. The van der Waals surface area contributed by atoms with Gasteiger partial charge in [0, 0.05) is 36.8 Å². The van der Waals surface area contributed by atoms with Gasteiger partial charge in [0.1, 0.15) is 17.2 Å². The van der Waals surface area contributed by atoms with Crippen molar-refractivity contribution < 1.29 is 23.8 Å². The Morgan fingerprint density at radius 1 is 1.07 bits per heavy atom. The number of carbonyl (C=O) groups excluding carboxylic acids is 2. The second-order valence-corrected chi connectivity index (χ2v) is 6.50. The normalized spacial score (nSPS) is 16.0. The molecule has 2 aromatic rings. The second-order valence-electron chi connectivity index (χ2n) is 6.50. The molecule has 1 N–H and O–H groups in total. The number of carbonyl (C=O) groups is 2. The lowest BCUT2D eigenvalue weighted by Crippen LogP contribution is -2.32. The Balaban J connectivity index is 1.65. The molecule has 1 heterocycles. The zero-order valence-electron chi connectivity index (χ0n) is 16.2. The van der Waals surface area contributed by atoms with Crippen LogP contribution in [0.5, 0.6) is 17.2 Å². The molecule has 3 rings (SSSR count). The van der Waals surface area contributed by atoms with E-state index in [4.69, 9.17) is 14.2 Å². The Morgan fingerprint density at radius 3 is 2.54 bits per heavy atom. The van der Waals surface area contributed by atoms with Crippen molar-refractivity contribution in [2.45, 2.75) is 13.0 Å². The van der Waals surface area contributed by atoms with Crippen molar-refractivity contribution in [1.29, 1.82) is 0 Å². The zero-order chi connectivity index (χ0) is 20.1. The molecule has 0 radical (unpaired) electrons. The molecular formula is C21H24N2O5. The minimum atomic E-state index is -0.407. The van der Waals surface area contributed by atoms with Crippen LogP contribution in [0.2, 0.25) is 0 Å². The molecule has 7 heteroatoms. The molecule has 148 valence electrons. The van der Waals surface area contributed by atoms with Crippen molar-refractivity contribution in [2.75, 3.05) is 32.8 Å². The average Bonchev–Trinajstić information content (AvgIpc) is 3.13. The van der Waals surface area contributed by atoms with Crippen LogP contribution in [0.3, 0.4) is 0 Å². The summed E-state index contributed by atoms with van der Waals surface area (Å²) in [4.78, 5) is 26.7. The van der Waals surface area contributed by atoms with E-state index in [0.29, 0.717) is 30.3 Å². The highest BCUT2D eigenvalue weighted by Crippen LogP contribution is 2.28. The number of methoxy groups -OCH3 is 3. The minimum absolute atomic E-state index is 0.0765. The predicted octanol–water partition coefficient (Wildman–Crippen LogP) is 2.38. The van der Waals surface area contributed by atoms with E-state index in [1.807, 2.05) is 24.3 Å². The van der Waals surface area contributed by atoms with Gasteiger partial charge in [0.05, 0.1) is 27.2 Å². The molecule has 28 heavy (non-hydrogen) atoms. The van der Waals surface area contributed by atoms with Gasteiger partial charge < -0.3 is 24.4 Å². The van der Waals surface area contributed by atoms with E-state index in [1.165, 1.54) is 0 Å². The van der Waals surface area contributed by atoms with E-state index in [2.05, 4.69) is 5.32 Å². The first-order valence-electron chi connectivity index (χ1n) is 8.98. The molecule has 2 aromatic carbocycles. The van der Waals surface area contributed by atoms with E-state index >= 15 is 0 Å². The number of nitrogens with zero attached hydrogens (tertiary/aromatic N) is 1. The van der Waals surface area contributed by atoms with Gasteiger partial charge in [0.2, 0.25) is 11.8 Å². The van der Waals surface area contributed by atoms with E-state index in [-0.39, 0.29) is 18.2 Å². The molecule has 0 spiro atoms. The molecular weight excluding hydrogens is 360 g/mol. The summed E-state index contributed by atoms with van der Waals surface area (Å²) in [5.74, 6) is 1.38. The molecule has 1 aliphatic rings. The zero-order valence-corrected chi connectivity index (χ0v) is 16.2. The lowest BCUT2D eigenvalue weighted by Gasteiger charge is -2.17. The molecule has 1 atom stereocenters. The molecule has 0 unspecified atom stereocenters. The Bertz CT molecular complexity index is 868. The number of hydrogen-bond donors (Lipinski definition) is 1. The van der Waals surface area contributed by atoms with Gasteiger partial charge in [0.25, 0.3) is 0 Å².